The highest BCUT2D eigenvalue weighted by molar-refractivity contribution is 7.99. The van der Waals surface area contributed by atoms with E-state index in [0.717, 1.165) is 23.9 Å². The zero-order valence-electron chi connectivity index (χ0n) is 9.21. The van der Waals surface area contributed by atoms with Crippen molar-refractivity contribution in [1.29, 1.82) is 0 Å². The van der Waals surface area contributed by atoms with Crippen LogP contribution < -0.4 is 5.73 Å². The van der Waals surface area contributed by atoms with Gasteiger partial charge in [0, 0.05) is 18.9 Å². The Hall–Kier alpha value is -0.660. The highest BCUT2D eigenvalue weighted by atomic mass is 32.2. The maximum atomic E-state index is 5.56. The number of hydrogen-bond acceptors (Lipinski definition) is 6. The van der Waals surface area contributed by atoms with E-state index in [2.05, 4.69) is 15.5 Å². The van der Waals surface area contributed by atoms with E-state index < -0.39 is 0 Å². The van der Waals surface area contributed by atoms with Crippen LogP contribution in [0.2, 0.25) is 0 Å². The fourth-order valence-corrected chi connectivity index (χ4v) is 2.65. The first kappa shape index (κ1) is 11.8. The van der Waals surface area contributed by atoms with Crippen LogP contribution >= 0.6 is 11.8 Å². The van der Waals surface area contributed by atoms with Crippen LogP contribution in [-0.4, -0.2) is 45.2 Å². The third-order valence-electron chi connectivity index (χ3n) is 2.53. The summed E-state index contributed by atoms with van der Waals surface area (Å²) in [6.45, 7) is 2.15. The van der Waals surface area contributed by atoms with Crippen molar-refractivity contribution in [3.63, 3.8) is 0 Å². The van der Waals surface area contributed by atoms with Gasteiger partial charge in [-0.15, -0.1) is 5.10 Å². The molecule has 0 saturated carbocycles. The van der Waals surface area contributed by atoms with Crippen molar-refractivity contribution in [2.75, 3.05) is 18.9 Å². The number of ether oxygens (including phenoxy) is 1. The van der Waals surface area contributed by atoms with Crippen LogP contribution in [-0.2, 0) is 11.3 Å². The average molecular weight is 243 g/mol. The predicted molar refractivity (Wildman–Crippen MR) is 61.2 cm³/mol. The summed E-state index contributed by atoms with van der Waals surface area (Å²) in [7, 11) is 0. The molecule has 1 aromatic rings. The summed E-state index contributed by atoms with van der Waals surface area (Å²) in [6.07, 6.45) is 3.89. The third kappa shape index (κ3) is 3.16. The molecule has 0 aromatic carbocycles. The first-order chi connectivity index (χ1) is 7.90. The van der Waals surface area contributed by atoms with E-state index in [4.69, 9.17) is 10.5 Å². The Labute approximate surface area is 98.9 Å². The average Bonchev–Trinajstić information content (AvgIpc) is 2.91. The van der Waals surface area contributed by atoms with Gasteiger partial charge in [0.2, 0.25) is 5.16 Å². The minimum Gasteiger partial charge on any atom is -0.378 e. The molecule has 90 valence electrons. The molecule has 2 rings (SSSR count). The van der Waals surface area contributed by atoms with Crippen molar-refractivity contribution in [3.05, 3.63) is 0 Å². The second kappa shape index (κ2) is 6.17. The van der Waals surface area contributed by atoms with Gasteiger partial charge in [0.05, 0.1) is 12.6 Å². The predicted octanol–water partition coefficient (Wildman–Crippen LogP) is 0.293. The standard InChI is InChI=1S/C9H17N5OS/c10-4-5-14-9(11-12-13-14)16-7-3-8-2-1-6-15-8/h8H,1-7,10H2. The molecule has 1 aromatic heterocycles. The summed E-state index contributed by atoms with van der Waals surface area (Å²) in [5.74, 6) is 0.996. The monoisotopic (exact) mass is 243 g/mol. The number of nitrogens with two attached hydrogens (primary N) is 1. The Balaban J connectivity index is 1.73. The highest BCUT2D eigenvalue weighted by Crippen LogP contribution is 2.20. The summed E-state index contributed by atoms with van der Waals surface area (Å²) in [6, 6.07) is 0. The van der Waals surface area contributed by atoms with E-state index in [0.29, 0.717) is 19.2 Å². The maximum Gasteiger partial charge on any atom is 0.209 e. The molecule has 0 spiro atoms. The molecular formula is C9H17N5OS. The second-order valence-corrected chi connectivity index (χ2v) is 4.81. The zero-order chi connectivity index (χ0) is 11.2. The van der Waals surface area contributed by atoms with Gasteiger partial charge in [-0.2, -0.15) is 0 Å². The molecule has 16 heavy (non-hydrogen) atoms. The molecule has 1 unspecified atom stereocenters. The van der Waals surface area contributed by atoms with Gasteiger partial charge in [0.15, 0.2) is 0 Å². The van der Waals surface area contributed by atoms with E-state index in [1.807, 2.05) is 0 Å². The quantitative estimate of drug-likeness (QED) is 0.724. The van der Waals surface area contributed by atoms with Crippen LogP contribution in [0.5, 0.6) is 0 Å². The van der Waals surface area contributed by atoms with Gasteiger partial charge in [-0.1, -0.05) is 11.8 Å². The van der Waals surface area contributed by atoms with E-state index in [1.54, 1.807) is 16.4 Å². The fraction of sp³-hybridized carbons (Fsp3) is 0.889. The number of thioether (sulfide) groups is 1. The van der Waals surface area contributed by atoms with Crippen molar-refractivity contribution in [3.8, 4) is 0 Å². The highest BCUT2D eigenvalue weighted by Gasteiger charge is 2.15. The SMILES string of the molecule is NCCn1nnnc1SCCC1CCCO1. The Kier molecular flexibility index (Phi) is 4.55. The number of aromatic nitrogens is 4. The first-order valence-electron chi connectivity index (χ1n) is 5.61. The maximum absolute atomic E-state index is 5.56. The van der Waals surface area contributed by atoms with Gasteiger partial charge in [-0.05, 0) is 29.7 Å². The van der Waals surface area contributed by atoms with Crippen molar-refractivity contribution < 1.29 is 4.74 Å². The van der Waals surface area contributed by atoms with Gasteiger partial charge in [0.25, 0.3) is 0 Å². The molecule has 6 nitrogen and oxygen atoms in total. The molecule has 1 aliphatic heterocycles. The molecule has 2 N–H and O–H groups in total. The van der Waals surface area contributed by atoms with Crippen LogP contribution in [0.15, 0.2) is 5.16 Å². The molecule has 0 radical (unpaired) electrons. The summed E-state index contributed by atoms with van der Waals surface area (Å²) in [5, 5.41) is 12.3. The molecule has 0 amide bonds. The Bertz CT molecular complexity index is 313. The van der Waals surface area contributed by atoms with E-state index in [-0.39, 0.29) is 0 Å². The smallest absolute Gasteiger partial charge is 0.209 e. The molecule has 0 bridgehead atoms. The molecule has 1 aliphatic rings. The first-order valence-corrected chi connectivity index (χ1v) is 6.59. The van der Waals surface area contributed by atoms with Crippen LogP contribution in [0.3, 0.4) is 0 Å². The van der Waals surface area contributed by atoms with Crippen LogP contribution in [0.1, 0.15) is 19.3 Å². The van der Waals surface area contributed by atoms with Gasteiger partial charge in [-0.25, -0.2) is 4.68 Å². The Morgan fingerprint density at radius 1 is 1.56 bits per heavy atom. The number of hydrogen-bond donors (Lipinski definition) is 1. The Morgan fingerprint density at radius 2 is 2.50 bits per heavy atom. The van der Waals surface area contributed by atoms with E-state index >= 15 is 0 Å². The van der Waals surface area contributed by atoms with Crippen LogP contribution in [0, 0.1) is 0 Å². The van der Waals surface area contributed by atoms with Crippen molar-refractivity contribution >= 4 is 11.8 Å². The lowest BCUT2D eigenvalue weighted by atomic mass is 10.2. The third-order valence-corrected chi connectivity index (χ3v) is 3.53. The fourth-order valence-electron chi connectivity index (χ4n) is 1.72. The summed E-state index contributed by atoms with van der Waals surface area (Å²) >= 11 is 1.67. The largest absolute Gasteiger partial charge is 0.378 e. The second-order valence-electron chi connectivity index (χ2n) is 3.75. The van der Waals surface area contributed by atoms with E-state index in [1.165, 1.54) is 12.8 Å². The topological polar surface area (TPSA) is 78.9 Å². The summed E-state index contributed by atoms with van der Waals surface area (Å²) in [5.41, 5.74) is 5.47. The minimum atomic E-state index is 0.436. The molecule has 1 fully saturated rings. The lowest BCUT2D eigenvalue weighted by Gasteiger charge is -2.07. The normalized spacial score (nSPS) is 20.4. The molecule has 7 heteroatoms. The Morgan fingerprint density at radius 3 is 3.25 bits per heavy atom. The van der Waals surface area contributed by atoms with Crippen LogP contribution in [0.4, 0.5) is 0 Å². The van der Waals surface area contributed by atoms with Gasteiger partial charge >= 0.3 is 0 Å². The lowest BCUT2D eigenvalue weighted by Crippen LogP contribution is -2.12. The van der Waals surface area contributed by atoms with Gasteiger partial charge < -0.3 is 10.5 Å². The summed E-state index contributed by atoms with van der Waals surface area (Å²) in [4.78, 5) is 0. The molecule has 0 aliphatic carbocycles. The van der Waals surface area contributed by atoms with Gasteiger partial charge in [-0.3, -0.25) is 0 Å². The van der Waals surface area contributed by atoms with Crippen LogP contribution in [0.25, 0.3) is 0 Å². The van der Waals surface area contributed by atoms with E-state index in [9.17, 15) is 0 Å². The number of nitrogens with zero attached hydrogens (tertiary/aromatic N) is 4. The lowest BCUT2D eigenvalue weighted by molar-refractivity contribution is 0.109. The number of tetrazole rings is 1. The minimum absolute atomic E-state index is 0.436. The molecule has 1 atom stereocenters. The molecule has 2 heterocycles. The van der Waals surface area contributed by atoms with Crippen molar-refractivity contribution in [1.82, 2.24) is 20.2 Å². The molecule has 1 saturated heterocycles. The zero-order valence-corrected chi connectivity index (χ0v) is 10.0. The molecular weight excluding hydrogens is 226 g/mol. The number of rotatable bonds is 6. The van der Waals surface area contributed by atoms with Crippen molar-refractivity contribution in [2.45, 2.75) is 37.1 Å². The van der Waals surface area contributed by atoms with Gasteiger partial charge in [0.1, 0.15) is 0 Å². The van der Waals surface area contributed by atoms with Crippen molar-refractivity contribution in [2.24, 2.45) is 5.73 Å². The summed E-state index contributed by atoms with van der Waals surface area (Å²) < 4.78 is 7.31.